The second-order valence-electron chi connectivity index (χ2n) is 11.3. The molecule has 2 fully saturated rings. The highest BCUT2D eigenvalue weighted by atomic mass is 16.6. The van der Waals surface area contributed by atoms with Crippen molar-refractivity contribution < 1.29 is 29.0 Å². The average molecular weight is 531 g/mol. The van der Waals surface area contributed by atoms with Gasteiger partial charge < -0.3 is 24.4 Å². The van der Waals surface area contributed by atoms with Gasteiger partial charge in [-0.25, -0.2) is 0 Å². The average Bonchev–Trinajstić information content (AvgIpc) is 3.27. The minimum Gasteiger partial charge on any atom is -0.465 e. The molecule has 0 bridgehead atoms. The second kappa shape index (κ2) is 12.8. The highest BCUT2D eigenvalue weighted by Crippen LogP contribution is 2.58. The topological polar surface area (TPSA) is 96.4 Å². The summed E-state index contributed by atoms with van der Waals surface area (Å²) in [5, 5.41) is 9.14. The van der Waals surface area contributed by atoms with Gasteiger partial charge in [0, 0.05) is 26.2 Å². The van der Waals surface area contributed by atoms with Gasteiger partial charge in [-0.1, -0.05) is 63.8 Å². The Morgan fingerprint density at radius 2 is 1.71 bits per heavy atom. The first kappa shape index (κ1) is 28.8. The molecule has 4 aliphatic rings. The summed E-state index contributed by atoms with van der Waals surface area (Å²) in [5.41, 5.74) is -2.21. The first-order valence-corrected chi connectivity index (χ1v) is 14.9. The van der Waals surface area contributed by atoms with Crippen LogP contribution in [0.2, 0.25) is 0 Å². The Kier molecular flexibility index (Phi) is 9.69. The monoisotopic (exact) mass is 530 g/mol. The normalized spacial score (nSPS) is 34.0. The van der Waals surface area contributed by atoms with Crippen LogP contribution in [0.15, 0.2) is 24.3 Å². The summed E-state index contributed by atoms with van der Waals surface area (Å²) in [5.74, 6) is -2.29. The van der Waals surface area contributed by atoms with Crippen LogP contribution >= 0.6 is 0 Å². The molecule has 8 heteroatoms. The highest BCUT2D eigenvalue weighted by Gasteiger charge is 2.75. The molecule has 38 heavy (non-hydrogen) atoms. The van der Waals surface area contributed by atoms with Gasteiger partial charge in [0.2, 0.25) is 11.8 Å². The van der Waals surface area contributed by atoms with Gasteiger partial charge in [-0.05, 0) is 44.9 Å². The van der Waals surface area contributed by atoms with E-state index in [0.717, 1.165) is 64.2 Å². The molecule has 5 atom stereocenters. The standard InChI is InChI=1S/C30H46N2O6/c1-3-5-11-18-31-19-15-17-30-23(26(34)32(25(30)27(31)35)20-12-7-8-13-21-33)24-28(36)37-22-14-9-6-10-16-29(24,4-2)38-30/h10,15-17,23-25,33H,3-9,11-14,18-22H2,1-2H3/b16-10-/t23-,24-,25?,29+,30-/m0/s1. The van der Waals surface area contributed by atoms with E-state index in [1.54, 1.807) is 4.90 Å². The van der Waals surface area contributed by atoms with Crippen LogP contribution in [0.4, 0.5) is 0 Å². The van der Waals surface area contributed by atoms with E-state index >= 15 is 0 Å². The molecule has 212 valence electrons. The minimum atomic E-state index is -1.21. The van der Waals surface area contributed by atoms with Gasteiger partial charge in [-0.2, -0.15) is 0 Å². The van der Waals surface area contributed by atoms with E-state index in [2.05, 4.69) is 13.0 Å². The Bertz CT molecular complexity index is 918. The molecule has 1 N–H and O–H groups in total. The van der Waals surface area contributed by atoms with Crippen molar-refractivity contribution in [1.29, 1.82) is 0 Å². The van der Waals surface area contributed by atoms with Crippen LogP contribution in [0.25, 0.3) is 0 Å². The molecule has 4 aliphatic heterocycles. The predicted octanol–water partition coefficient (Wildman–Crippen LogP) is 3.77. The van der Waals surface area contributed by atoms with Crippen LogP contribution in [-0.2, 0) is 23.9 Å². The maximum Gasteiger partial charge on any atom is 0.313 e. The molecule has 0 aromatic heterocycles. The number of fused-ring (bicyclic) bond motifs is 2. The number of esters is 1. The third kappa shape index (κ3) is 5.31. The molecule has 0 radical (unpaired) electrons. The Morgan fingerprint density at radius 3 is 2.47 bits per heavy atom. The van der Waals surface area contributed by atoms with E-state index in [1.807, 2.05) is 30.1 Å². The Morgan fingerprint density at radius 1 is 0.921 bits per heavy atom. The maximum absolute atomic E-state index is 14.3. The summed E-state index contributed by atoms with van der Waals surface area (Å²) in [6, 6.07) is -0.805. The van der Waals surface area contributed by atoms with Crippen molar-refractivity contribution in [3.63, 3.8) is 0 Å². The van der Waals surface area contributed by atoms with E-state index in [-0.39, 0.29) is 18.4 Å². The number of cyclic esters (lactones) is 1. The molecule has 4 heterocycles. The molecule has 8 nitrogen and oxygen atoms in total. The van der Waals surface area contributed by atoms with Crippen LogP contribution < -0.4 is 0 Å². The Labute approximate surface area is 227 Å². The number of likely N-dealkylation sites (tertiary alicyclic amines) is 1. The molecule has 1 unspecified atom stereocenters. The van der Waals surface area contributed by atoms with E-state index in [1.165, 1.54) is 0 Å². The summed E-state index contributed by atoms with van der Waals surface area (Å²) >= 11 is 0. The summed E-state index contributed by atoms with van der Waals surface area (Å²) in [4.78, 5) is 45.7. The number of ether oxygens (including phenoxy) is 2. The zero-order valence-electron chi connectivity index (χ0n) is 23.2. The fourth-order valence-electron chi connectivity index (χ4n) is 6.83. The third-order valence-electron chi connectivity index (χ3n) is 8.81. The fraction of sp³-hybridized carbons (Fsp3) is 0.767. The van der Waals surface area contributed by atoms with Gasteiger partial charge in [-0.3, -0.25) is 14.4 Å². The zero-order chi connectivity index (χ0) is 27.2. The SMILES string of the molecule is CCCCCN1CC=C[C@]23O[C@]4(CC)/C=C\CCCCOC(=O)[C@@H]4[C@H]2C(=O)N(CCCCCCO)C3C1=O. The highest BCUT2D eigenvalue weighted by molar-refractivity contribution is 5.99. The van der Waals surface area contributed by atoms with Gasteiger partial charge in [-0.15, -0.1) is 0 Å². The first-order valence-electron chi connectivity index (χ1n) is 14.9. The summed E-state index contributed by atoms with van der Waals surface area (Å²) in [6.45, 7) is 6.13. The van der Waals surface area contributed by atoms with Crippen molar-refractivity contribution in [2.24, 2.45) is 11.8 Å². The lowest BCUT2D eigenvalue weighted by atomic mass is 9.73. The number of amides is 2. The Balaban J connectivity index is 1.74. The maximum atomic E-state index is 14.3. The minimum absolute atomic E-state index is 0.0929. The van der Waals surface area contributed by atoms with E-state index in [9.17, 15) is 14.4 Å². The number of aliphatic hydroxyl groups excluding tert-OH is 1. The molecule has 0 aromatic rings. The predicted molar refractivity (Wildman–Crippen MR) is 144 cm³/mol. The zero-order valence-corrected chi connectivity index (χ0v) is 23.2. The summed E-state index contributed by atoms with van der Waals surface area (Å²) in [7, 11) is 0. The molecule has 0 aliphatic carbocycles. The molecule has 0 aromatic carbocycles. The third-order valence-corrected chi connectivity index (χ3v) is 8.81. The lowest BCUT2D eigenvalue weighted by Crippen LogP contribution is -2.56. The van der Waals surface area contributed by atoms with Crippen molar-refractivity contribution in [1.82, 2.24) is 9.80 Å². The number of unbranched alkanes of at least 4 members (excludes halogenated alkanes) is 5. The lowest BCUT2D eigenvalue weighted by Gasteiger charge is -2.38. The van der Waals surface area contributed by atoms with Crippen molar-refractivity contribution in [2.45, 2.75) is 102 Å². The molecule has 1 spiro atoms. The first-order chi connectivity index (χ1) is 18.5. The molecule has 0 saturated carbocycles. The van der Waals surface area contributed by atoms with E-state index in [4.69, 9.17) is 14.6 Å². The summed E-state index contributed by atoms with van der Waals surface area (Å²) in [6.07, 6.45) is 17.2. The van der Waals surface area contributed by atoms with Gasteiger partial charge in [0.1, 0.15) is 23.2 Å². The van der Waals surface area contributed by atoms with Crippen molar-refractivity contribution in [3.8, 4) is 0 Å². The van der Waals surface area contributed by atoms with E-state index < -0.39 is 35.0 Å². The van der Waals surface area contributed by atoms with Gasteiger partial charge in [0.25, 0.3) is 0 Å². The van der Waals surface area contributed by atoms with Gasteiger partial charge >= 0.3 is 5.97 Å². The van der Waals surface area contributed by atoms with Crippen LogP contribution in [0.1, 0.15) is 84.5 Å². The van der Waals surface area contributed by atoms with Crippen LogP contribution in [0.3, 0.4) is 0 Å². The van der Waals surface area contributed by atoms with Crippen LogP contribution in [-0.4, -0.2) is 82.8 Å². The number of nitrogens with zero attached hydrogens (tertiary/aromatic N) is 2. The number of allylic oxidation sites excluding steroid dienone is 1. The smallest absolute Gasteiger partial charge is 0.313 e. The molecular weight excluding hydrogens is 484 g/mol. The van der Waals surface area contributed by atoms with Gasteiger partial charge in [0.05, 0.1) is 12.5 Å². The summed E-state index contributed by atoms with van der Waals surface area (Å²) < 4.78 is 12.7. The number of hydrogen-bond acceptors (Lipinski definition) is 6. The van der Waals surface area contributed by atoms with E-state index in [0.29, 0.717) is 32.7 Å². The van der Waals surface area contributed by atoms with Crippen LogP contribution in [0, 0.1) is 11.8 Å². The van der Waals surface area contributed by atoms with Crippen molar-refractivity contribution in [2.75, 3.05) is 32.8 Å². The quantitative estimate of drug-likeness (QED) is 0.248. The number of aliphatic hydroxyl groups is 1. The number of carbonyl (C=O) groups is 3. The lowest BCUT2D eigenvalue weighted by molar-refractivity contribution is -0.161. The molecule has 4 rings (SSSR count). The molecular formula is C30H46N2O6. The fourth-order valence-corrected chi connectivity index (χ4v) is 6.83. The Hall–Kier alpha value is -2.19. The number of hydrogen-bond donors (Lipinski definition) is 1. The largest absolute Gasteiger partial charge is 0.465 e. The molecule has 2 saturated heterocycles. The van der Waals surface area contributed by atoms with Crippen molar-refractivity contribution in [3.05, 3.63) is 24.3 Å². The number of carbonyl (C=O) groups excluding carboxylic acids is 3. The molecule has 2 amide bonds. The van der Waals surface area contributed by atoms with Crippen molar-refractivity contribution >= 4 is 17.8 Å². The van der Waals surface area contributed by atoms with Crippen LogP contribution in [0.5, 0.6) is 0 Å². The number of rotatable bonds is 11. The second-order valence-corrected chi connectivity index (χ2v) is 11.3. The van der Waals surface area contributed by atoms with Gasteiger partial charge in [0.15, 0.2) is 0 Å².